The Bertz CT molecular complexity index is 702. The highest BCUT2D eigenvalue weighted by molar-refractivity contribution is 9.10. The van der Waals surface area contributed by atoms with Crippen molar-refractivity contribution in [3.8, 4) is 0 Å². The molecule has 21 heavy (non-hydrogen) atoms. The summed E-state index contributed by atoms with van der Waals surface area (Å²) in [6, 6.07) is 6.23. The van der Waals surface area contributed by atoms with Gasteiger partial charge in [0.25, 0.3) is 0 Å². The molecule has 0 unspecified atom stereocenters. The second-order valence-corrected chi connectivity index (χ2v) is 7.41. The van der Waals surface area contributed by atoms with Gasteiger partial charge >= 0.3 is 0 Å². The molecular formula is C11H11BrN4O3S2. The van der Waals surface area contributed by atoms with Crippen molar-refractivity contribution in [1.82, 2.24) is 14.9 Å². The van der Waals surface area contributed by atoms with Crippen molar-refractivity contribution in [3.05, 3.63) is 34.2 Å². The molecule has 1 heterocycles. The van der Waals surface area contributed by atoms with E-state index < -0.39 is 10.0 Å². The molecule has 1 aromatic carbocycles. The molecule has 10 heteroatoms. The van der Waals surface area contributed by atoms with Gasteiger partial charge in [-0.2, -0.15) is 0 Å². The predicted octanol–water partition coefficient (Wildman–Crippen LogP) is 1.61. The number of benzene rings is 1. The standard InChI is InChI=1S/C11H11BrN4O3S2/c12-8-1-3-9(4-2-8)21(18,19)14-6-5-10(17)15-11-16-13-7-20-11/h1-4,7,14H,5-6H2,(H,15,16,17). The molecule has 112 valence electrons. The number of anilines is 1. The van der Waals surface area contributed by atoms with E-state index in [1.165, 1.54) is 29.0 Å². The van der Waals surface area contributed by atoms with Gasteiger partial charge in [0, 0.05) is 17.4 Å². The normalized spacial score (nSPS) is 11.3. The third kappa shape index (κ3) is 4.84. The fourth-order valence-corrected chi connectivity index (χ4v) is 3.16. The average molecular weight is 391 g/mol. The monoisotopic (exact) mass is 390 g/mol. The molecule has 2 N–H and O–H groups in total. The molecule has 0 radical (unpaired) electrons. The molecule has 0 saturated heterocycles. The smallest absolute Gasteiger partial charge is 0.240 e. The lowest BCUT2D eigenvalue weighted by molar-refractivity contribution is -0.116. The molecule has 0 aliphatic carbocycles. The van der Waals surface area contributed by atoms with Gasteiger partial charge in [0.05, 0.1) is 4.90 Å². The molecule has 7 nitrogen and oxygen atoms in total. The second kappa shape index (κ2) is 7.07. The number of nitrogens with zero attached hydrogens (tertiary/aromatic N) is 2. The summed E-state index contributed by atoms with van der Waals surface area (Å²) in [5.41, 5.74) is 1.49. The van der Waals surface area contributed by atoms with Gasteiger partial charge in [-0.3, -0.25) is 4.79 Å². The van der Waals surface area contributed by atoms with Gasteiger partial charge in [-0.1, -0.05) is 27.3 Å². The zero-order valence-corrected chi connectivity index (χ0v) is 13.8. The maximum absolute atomic E-state index is 12.0. The zero-order chi connectivity index (χ0) is 15.3. The van der Waals surface area contributed by atoms with Gasteiger partial charge in [-0.15, -0.1) is 10.2 Å². The number of sulfonamides is 1. The summed E-state index contributed by atoms with van der Waals surface area (Å²) >= 11 is 4.43. The van der Waals surface area contributed by atoms with Crippen LogP contribution in [0.15, 0.2) is 39.1 Å². The van der Waals surface area contributed by atoms with Gasteiger partial charge in [0.1, 0.15) is 5.51 Å². The molecule has 1 aromatic heterocycles. The number of hydrogen-bond donors (Lipinski definition) is 2. The van der Waals surface area contributed by atoms with Crippen LogP contribution in [-0.4, -0.2) is 31.1 Å². The summed E-state index contributed by atoms with van der Waals surface area (Å²) in [7, 11) is -3.61. The number of aromatic nitrogens is 2. The molecular weight excluding hydrogens is 380 g/mol. The summed E-state index contributed by atoms with van der Waals surface area (Å²) in [6.45, 7) is 0.00301. The highest BCUT2D eigenvalue weighted by atomic mass is 79.9. The van der Waals surface area contributed by atoms with Crippen molar-refractivity contribution in [2.24, 2.45) is 0 Å². The number of carbonyl (C=O) groups excluding carboxylic acids is 1. The highest BCUT2D eigenvalue weighted by Crippen LogP contribution is 2.14. The first-order valence-corrected chi connectivity index (χ1v) is 8.94. The highest BCUT2D eigenvalue weighted by Gasteiger charge is 2.14. The third-order valence-corrected chi connectivity index (χ3v) is 4.99. The lowest BCUT2D eigenvalue weighted by Crippen LogP contribution is -2.27. The molecule has 2 aromatic rings. The topological polar surface area (TPSA) is 101 Å². The van der Waals surface area contributed by atoms with Crippen molar-refractivity contribution < 1.29 is 13.2 Å². The zero-order valence-electron chi connectivity index (χ0n) is 10.6. The van der Waals surface area contributed by atoms with Crippen molar-refractivity contribution >= 4 is 48.3 Å². The van der Waals surface area contributed by atoms with Gasteiger partial charge in [0.15, 0.2) is 0 Å². The number of nitrogens with one attached hydrogen (secondary N) is 2. The SMILES string of the molecule is O=C(CCNS(=O)(=O)c1ccc(Br)cc1)Nc1nncs1. The van der Waals surface area contributed by atoms with E-state index in [1.54, 1.807) is 12.1 Å². The Morgan fingerprint density at radius 2 is 2.00 bits per heavy atom. The van der Waals surface area contributed by atoms with E-state index >= 15 is 0 Å². The molecule has 0 bridgehead atoms. The van der Waals surface area contributed by atoms with Crippen LogP contribution in [0, 0.1) is 0 Å². The van der Waals surface area contributed by atoms with Crippen LogP contribution < -0.4 is 10.0 Å². The van der Waals surface area contributed by atoms with E-state index in [9.17, 15) is 13.2 Å². The first-order chi connectivity index (χ1) is 9.97. The Kier molecular flexibility index (Phi) is 5.39. The summed E-state index contributed by atoms with van der Waals surface area (Å²) in [6.07, 6.45) is 0.00926. The van der Waals surface area contributed by atoms with Crippen molar-refractivity contribution in [1.29, 1.82) is 0 Å². The van der Waals surface area contributed by atoms with Crippen molar-refractivity contribution in [2.75, 3.05) is 11.9 Å². The van der Waals surface area contributed by atoms with Gasteiger partial charge < -0.3 is 5.32 Å². The summed E-state index contributed by atoms with van der Waals surface area (Å²) in [5, 5.41) is 10.1. The number of rotatable bonds is 6. The number of hydrogen-bond acceptors (Lipinski definition) is 6. The molecule has 1 amide bonds. The molecule has 0 saturated carbocycles. The maximum Gasteiger partial charge on any atom is 0.240 e. The Balaban J connectivity index is 1.84. The van der Waals surface area contributed by atoms with Gasteiger partial charge in [-0.05, 0) is 24.3 Å². The summed E-state index contributed by atoms with van der Waals surface area (Å²) in [5.74, 6) is -0.328. The second-order valence-electron chi connectivity index (χ2n) is 3.89. The summed E-state index contributed by atoms with van der Waals surface area (Å²) in [4.78, 5) is 11.7. The quantitative estimate of drug-likeness (QED) is 0.779. The Labute approximate surface area is 134 Å². The predicted molar refractivity (Wildman–Crippen MR) is 82.5 cm³/mol. The Hall–Kier alpha value is -1.36. The number of halogens is 1. The van der Waals surface area contributed by atoms with E-state index in [0.29, 0.717) is 5.13 Å². The van der Waals surface area contributed by atoms with Crippen LogP contribution in [0.3, 0.4) is 0 Å². The van der Waals surface area contributed by atoms with E-state index in [4.69, 9.17) is 0 Å². The Morgan fingerprint density at radius 1 is 1.29 bits per heavy atom. The first-order valence-electron chi connectivity index (χ1n) is 5.78. The molecule has 2 rings (SSSR count). The van der Waals surface area contributed by atoms with Gasteiger partial charge in [-0.25, -0.2) is 13.1 Å². The Morgan fingerprint density at radius 3 is 2.62 bits per heavy atom. The first kappa shape index (κ1) is 16.0. The molecule has 0 fully saturated rings. The molecule has 0 aliphatic rings. The minimum Gasteiger partial charge on any atom is -0.300 e. The van der Waals surface area contributed by atoms with Crippen LogP contribution in [-0.2, 0) is 14.8 Å². The van der Waals surface area contributed by atoms with Crippen LogP contribution in [0.4, 0.5) is 5.13 Å². The van der Waals surface area contributed by atoms with E-state index in [0.717, 1.165) is 4.47 Å². The number of carbonyl (C=O) groups is 1. The fourth-order valence-electron chi connectivity index (χ4n) is 1.41. The molecule has 0 atom stereocenters. The van der Waals surface area contributed by atoms with E-state index in [2.05, 4.69) is 36.2 Å². The van der Waals surface area contributed by atoms with E-state index in [-0.39, 0.29) is 23.8 Å². The van der Waals surface area contributed by atoms with Crippen LogP contribution >= 0.6 is 27.3 Å². The minimum atomic E-state index is -3.61. The lowest BCUT2D eigenvalue weighted by atomic mass is 10.4. The molecule has 0 aliphatic heterocycles. The summed E-state index contributed by atoms with van der Waals surface area (Å²) < 4.78 is 27.1. The van der Waals surface area contributed by atoms with Crippen LogP contribution in [0.5, 0.6) is 0 Å². The molecule has 0 spiro atoms. The van der Waals surface area contributed by atoms with Crippen LogP contribution in [0.1, 0.15) is 6.42 Å². The largest absolute Gasteiger partial charge is 0.300 e. The minimum absolute atomic E-state index is 0.00301. The van der Waals surface area contributed by atoms with E-state index in [1.807, 2.05) is 0 Å². The maximum atomic E-state index is 12.0. The lowest BCUT2D eigenvalue weighted by Gasteiger charge is -2.06. The van der Waals surface area contributed by atoms with Crippen molar-refractivity contribution in [3.63, 3.8) is 0 Å². The van der Waals surface area contributed by atoms with Crippen molar-refractivity contribution in [2.45, 2.75) is 11.3 Å². The van der Waals surface area contributed by atoms with Gasteiger partial charge in [0.2, 0.25) is 21.1 Å². The fraction of sp³-hybridized carbons (Fsp3) is 0.182. The third-order valence-electron chi connectivity index (χ3n) is 2.37. The average Bonchev–Trinajstić information content (AvgIpc) is 2.91. The van der Waals surface area contributed by atoms with Crippen LogP contribution in [0.25, 0.3) is 0 Å². The number of amides is 1. The van der Waals surface area contributed by atoms with Crippen LogP contribution in [0.2, 0.25) is 0 Å².